The fraction of sp³-hybridized carbons (Fsp3) is 0.526. The number of aromatic nitrogens is 1. The van der Waals surface area contributed by atoms with E-state index in [4.69, 9.17) is 0 Å². The van der Waals surface area contributed by atoms with Gasteiger partial charge in [0.25, 0.3) is 0 Å². The van der Waals surface area contributed by atoms with Crippen LogP contribution in [0.5, 0.6) is 0 Å². The van der Waals surface area contributed by atoms with Crippen LogP contribution < -0.4 is 16.0 Å². The van der Waals surface area contributed by atoms with Crippen molar-refractivity contribution in [2.75, 3.05) is 0 Å². The minimum atomic E-state index is -0.371. The van der Waals surface area contributed by atoms with Gasteiger partial charge in [0.05, 0.1) is 12.1 Å². The van der Waals surface area contributed by atoms with Crippen molar-refractivity contribution in [3.63, 3.8) is 0 Å². The van der Waals surface area contributed by atoms with Crippen molar-refractivity contribution >= 4 is 23.5 Å². The number of ketones is 1. The van der Waals surface area contributed by atoms with Gasteiger partial charge in [0.15, 0.2) is 5.78 Å². The van der Waals surface area contributed by atoms with Crippen LogP contribution >= 0.6 is 11.8 Å². The number of allylic oxidation sites excluding steroid dienone is 2. The van der Waals surface area contributed by atoms with Crippen molar-refractivity contribution in [1.29, 1.82) is 0 Å². The fourth-order valence-corrected chi connectivity index (χ4v) is 5.14. The molecule has 4 atom stereocenters. The topological polar surface area (TPSA) is 83.1 Å². The molecule has 1 aliphatic carbocycles. The average Bonchev–Trinajstić information content (AvgIpc) is 2.60. The predicted molar refractivity (Wildman–Crippen MR) is 101 cm³/mol. The van der Waals surface area contributed by atoms with Crippen LogP contribution in [-0.2, 0) is 9.59 Å². The van der Waals surface area contributed by atoms with Crippen LogP contribution in [0.1, 0.15) is 44.6 Å². The van der Waals surface area contributed by atoms with Crippen LogP contribution in [0.15, 0.2) is 35.8 Å². The highest BCUT2D eigenvalue weighted by Gasteiger charge is 2.49. The van der Waals surface area contributed by atoms with E-state index in [-0.39, 0.29) is 35.2 Å². The first-order valence-electron chi connectivity index (χ1n) is 9.19. The summed E-state index contributed by atoms with van der Waals surface area (Å²) in [6, 6.07) is 3.83. The Balaban J connectivity index is 1.74. The van der Waals surface area contributed by atoms with Gasteiger partial charge in [-0.3, -0.25) is 19.9 Å². The molecule has 3 N–H and O–H groups in total. The van der Waals surface area contributed by atoms with Crippen molar-refractivity contribution in [2.24, 2.45) is 5.92 Å². The molecule has 3 aliphatic rings. The van der Waals surface area contributed by atoms with Crippen LogP contribution in [-0.4, -0.2) is 33.6 Å². The molecule has 0 spiro atoms. The van der Waals surface area contributed by atoms with Crippen molar-refractivity contribution in [2.45, 2.75) is 55.9 Å². The molecular weight excluding hydrogens is 348 g/mol. The van der Waals surface area contributed by atoms with E-state index < -0.39 is 0 Å². The van der Waals surface area contributed by atoms with E-state index in [0.717, 1.165) is 29.7 Å². The minimum absolute atomic E-state index is 0.0156. The number of nitrogens with zero attached hydrogens (tertiary/aromatic N) is 1. The van der Waals surface area contributed by atoms with E-state index in [1.165, 1.54) is 0 Å². The minimum Gasteiger partial charge on any atom is -0.372 e. The number of pyridine rings is 1. The SMILES string of the molecule is CC(C)SC1NC(=O)C2C(NC3=C(C(=O)CCC3)C2c2cccnc2)N1. The summed E-state index contributed by atoms with van der Waals surface area (Å²) in [5.74, 6) is -0.491. The molecule has 0 bridgehead atoms. The molecule has 1 saturated heterocycles. The smallest absolute Gasteiger partial charge is 0.229 e. The number of nitrogens with one attached hydrogen (secondary N) is 3. The predicted octanol–water partition coefficient (Wildman–Crippen LogP) is 1.86. The molecule has 0 radical (unpaired) electrons. The Hall–Kier alpha value is -1.86. The summed E-state index contributed by atoms with van der Waals surface area (Å²) in [6.07, 6.45) is 5.57. The normalized spacial score (nSPS) is 31.2. The van der Waals surface area contributed by atoms with E-state index in [1.807, 2.05) is 12.1 Å². The molecule has 0 aromatic carbocycles. The van der Waals surface area contributed by atoms with E-state index in [1.54, 1.807) is 24.2 Å². The van der Waals surface area contributed by atoms with Gasteiger partial charge in [-0.15, -0.1) is 11.8 Å². The van der Waals surface area contributed by atoms with Crippen LogP contribution in [0.2, 0.25) is 0 Å². The highest BCUT2D eigenvalue weighted by atomic mass is 32.2. The lowest BCUT2D eigenvalue weighted by Crippen LogP contribution is -2.68. The first-order valence-corrected chi connectivity index (χ1v) is 10.1. The second kappa shape index (κ2) is 7.04. The third-order valence-electron chi connectivity index (χ3n) is 5.17. The maximum atomic E-state index is 13.0. The number of amides is 1. The summed E-state index contributed by atoms with van der Waals surface area (Å²) < 4.78 is 0. The molecule has 4 rings (SSSR count). The lowest BCUT2D eigenvalue weighted by Gasteiger charge is -2.47. The highest BCUT2D eigenvalue weighted by molar-refractivity contribution is 8.00. The van der Waals surface area contributed by atoms with Crippen molar-refractivity contribution in [3.8, 4) is 0 Å². The standard InChI is InChI=1S/C19H24N4O2S/c1-10(2)26-19-22-17-16(18(25)23-19)14(11-5-4-8-20-9-11)15-12(21-17)6-3-7-13(15)24/h4-5,8-10,14,16-17,19,21-22H,3,6-7H2,1-2H3,(H,23,25). The van der Waals surface area contributed by atoms with Gasteiger partial charge >= 0.3 is 0 Å². The molecule has 6 nitrogen and oxygen atoms in total. The first kappa shape index (κ1) is 17.5. The molecule has 26 heavy (non-hydrogen) atoms. The second-order valence-electron chi connectivity index (χ2n) is 7.32. The van der Waals surface area contributed by atoms with Crippen LogP contribution in [0.4, 0.5) is 0 Å². The van der Waals surface area contributed by atoms with E-state index in [2.05, 4.69) is 34.8 Å². The Bertz CT molecular complexity index is 749. The third kappa shape index (κ3) is 3.14. The number of carbonyl (C=O) groups is 2. The number of hydrogen-bond donors (Lipinski definition) is 3. The van der Waals surface area contributed by atoms with Gasteiger partial charge in [-0.2, -0.15) is 0 Å². The summed E-state index contributed by atoms with van der Waals surface area (Å²) in [7, 11) is 0. The van der Waals surface area contributed by atoms with Gasteiger partial charge in [0.2, 0.25) is 5.91 Å². The van der Waals surface area contributed by atoms with E-state index >= 15 is 0 Å². The Labute approximate surface area is 157 Å². The zero-order valence-corrected chi connectivity index (χ0v) is 15.8. The van der Waals surface area contributed by atoms with Crippen LogP contribution in [0.25, 0.3) is 0 Å². The Kier molecular flexibility index (Phi) is 4.75. The Morgan fingerprint density at radius 1 is 1.23 bits per heavy atom. The van der Waals surface area contributed by atoms with Crippen LogP contribution in [0.3, 0.4) is 0 Å². The lowest BCUT2D eigenvalue weighted by atomic mass is 9.71. The van der Waals surface area contributed by atoms with Gasteiger partial charge in [-0.1, -0.05) is 19.9 Å². The van der Waals surface area contributed by atoms with E-state index in [9.17, 15) is 9.59 Å². The third-order valence-corrected chi connectivity index (χ3v) is 6.24. The molecule has 1 aromatic rings. The number of thioether (sulfide) groups is 1. The lowest BCUT2D eigenvalue weighted by molar-refractivity contribution is -0.130. The molecular formula is C19H24N4O2S. The molecule has 1 aromatic heterocycles. The molecule has 7 heteroatoms. The zero-order chi connectivity index (χ0) is 18.3. The van der Waals surface area contributed by atoms with Crippen molar-refractivity contribution < 1.29 is 9.59 Å². The quantitative estimate of drug-likeness (QED) is 0.751. The van der Waals surface area contributed by atoms with Gasteiger partial charge in [0.1, 0.15) is 5.50 Å². The number of hydrogen-bond acceptors (Lipinski definition) is 6. The van der Waals surface area contributed by atoms with Crippen LogP contribution in [0, 0.1) is 5.92 Å². The monoisotopic (exact) mass is 372 g/mol. The number of carbonyl (C=O) groups excluding carboxylic acids is 2. The van der Waals surface area contributed by atoms with Gasteiger partial charge < -0.3 is 10.6 Å². The largest absolute Gasteiger partial charge is 0.372 e. The van der Waals surface area contributed by atoms with E-state index in [0.29, 0.717) is 11.7 Å². The van der Waals surface area contributed by atoms with Gasteiger partial charge in [-0.05, 0) is 24.5 Å². The average molecular weight is 372 g/mol. The van der Waals surface area contributed by atoms with Gasteiger partial charge in [0, 0.05) is 41.3 Å². The molecule has 1 amide bonds. The number of Topliss-reactive ketones (excluding diaryl/α,β-unsaturated/α-hetero) is 1. The van der Waals surface area contributed by atoms with Gasteiger partial charge in [-0.25, -0.2) is 0 Å². The maximum Gasteiger partial charge on any atom is 0.229 e. The summed E-state index contributed by atoms with van der Waals surface area (Å²) >= 11 is 1.68. The molecule has 3 heterocycles. The summed E-state index contributed by atoms with van der Waals surface area (Å²) in [4.78, 5) is 30.0. The fourth-order valence-electron chi connectivity index (χ4n) is 4.18. The number of fused-ring (bicyclic) bond motifs is 1. The Morgan fingerprint density at radius 3 is 2.81 bits per heavy atom. The number of rotatable bonds is 3. The Morgan fingerprint density at radius 2 is 2.08 bits per heavy atom. The van der Waals surface area contributed by atoms with Crippen molar-refractivity contribution in [1.82, 2.24) is 20.9 Å². The summed E-state index contributed by atoms with van der Waals surface area (Å²) in [5, 5.41) is 10.5. The molecule has 1 fully saturated rings. The summed E-state index contributed by atoms with van der Waals surface area (Å²) in [6.45, 7) is 4.22. The molecule has 4 unspecified atom stereocenters. The molecule has 2 aliphatic heterocycles. The first-order chi connectivity index (χ1) is 12.5. The highest BCUT2D eigenvalue weighted by Crippen LogP contribution is 2.43. The molecule has 0 saturated carbocycles. The maximum absolute atomic E-state index is 13.0. The second-order valence-corrected chi connectivity index (χ2v) is 9.01. The summed E-state index contributed by atoms with van der Waals surface area (Å²) in [5.41, 5.74) is 2.56. The van der Waals surface area contributed by atoms with Crippen molar-refractivity contribution in [3.05, 3.63) is 41.4 Å². The molecule has 138 valence electrons. The zero-order valence-electron chi connectivity index (χ0n) is 15.0.